The minimum absolute atomic E-state index is 0.0291. The van der Waals surface area contributed by atoms with Gasteiger partial charge in [0.25, 0.3) is 21.8 Å². The zero-order valence-corrected chi connectivity index (χ0v) is 22.2. The van der Waals surface area contributed by atoms with Crippen LogP contribution in [0.5, 0.6) is 11.5 Å². The van der Waals surface area contributed by atoms with Crippen LogP contribution in [-0.2, 0) is 19.6 Å². The Morgan fingerprint density at radius 1 is 0.872 bits per heavy atom. The van der Waals surface area contributed by atoms with E-state index in [9.17, 15) is 18.0 Å². The summed E-state index contributed by atoms with van der Waals surface area (Å²) in [6.07, 6.45) is 0. The van der Waals surface area contributed by atoms with E-state index in [-0.39, 0.29) is 21.5 Å². The fraction of sp³-hybridized carbons (Fsp3) is 0.0741. The Bertz CT molecular complexity index is 1700. The topological polar surface area (TPSA) is 131 Å². The monoisotopic (exact) mass is 564 g/mol. The van der Waals surface area contributed by atoms with Gasteiger partial charge in [-0.25, -0.2) is 18.0 Å². The van der Waals surface area contributed by atoms with Crippen LogP contribution in [0.25, 0.3) is 0 Å². The molecule has 0 unspecified atom stereocenters. The van der Waals surface area contributed by atoms with Crippen LogP contribution in [0.15, 0.2) is 99.0 Å². The van der Waals surface area contributed by atoms with Crippen molar-refractivity contribution in [2.75, 3.05) is 14.9 Å². The molecule has 0 aliphatic carbocycles. The quantitative estimate of drug-likeness (QED) is 0.275. The molecular weight excluding hydrogens is 544 g/mol. The van der Waals surface area contributed by atoms with Gasteiger partial charge in [-0.15, -0.1) is 0 Å². The smallest absolute Gasteiger partial charge is 0.283 e. The minimum Gasteiger partial charge on any atom is -0.457 e. The first-order valence-electron chi connectivity index (χ1n) is 11.6. The summed E-state index contributed by atoms with van der Waals surface area (Å²) in [6, 6.07) is 21.2. The molecule has 198 valence electrons. The predicted octanol–water partition coefficient (Wildman–Crippen LogP) is 5.32. The largest absolute Gasteiger partial charge is 0.457 e. The first-order valence-corrected chi connectivity index (χ1v) is 13.4. The van der Waals surface area contributed by atoms with Gasteiger partial charge in [0, 0.05) is 11.3 Å². The number of benzene rings is 3. The van der Waals surface area contributed by atoms with Gasteiger partial charge in [0.05, 0.1) is 16.3 Å². The number of para-hydroxylation sites is 1. The second-order valence-electron chi connectivity index (χ2n) is 8.52. The first kappa shape index (κ1) is 26.0. The van der Waals surface area contributed by atoms with Gasteiger partial charge in [0.2, 0.25) is 5.88 Å². The molecule has 1 aromatic heterocycles. The molecule has 0 atom stereocenters. The number of anilines is 3. The number of carbonyl (C=O) groups excluding carboxylic acids is 2. The summed E-state index contributed by atoms with van der Waals surface area (Å²) in [5.74, 6) is -0.146. The second-order valence-corrected chi connectivity index (χ2v) is 10.6. The molecule has 0 spiro atoms. The zero-order valence-electron chi connectivity index (χ0n) is 20.6. The van der Waals surface area contributed by atoms with Crippen LogP contribution in [0, 0.1) is 13.8 Å². The van der Waals surface area contributed by atoms with E-state index in [2.05, 4.69) is 15.2 Å². The lowest BCUT2D eigenvalue weighted by molar-refractivity contribution is -0.120. The number of aromatic nitrogens is 1. The van der Waals surface area contributed by atoms with E-state index in [4.69, 9.17) is 20.9 Å². The summed E-state index contributed by atoms with van der Waals surface area (Å²) in [5, 5.41) is 6.27. The lowest BCUT2D eigenvalue weighted by Gasteiger charge is -2.16. The van der Waals surface area contributed by atoms with Crippen molar-refractivity contribution in [1.82, 2.24) is 5.16 Å². The third-order valence-corrected chi connectivity index (χ3v) is 7.62. The van der Waals surface area contributed by atoms with Crippen molar-refractivity contribution in [1.29, 1.82) is 0 Å². The van der Waals surface area contributed by atoms with Crippen LogP contribution in [0.2, 0.25) is 0 Å². The summed E-state index contributed by atoms with van der Waals surface area (Å²) in [5.41, 5.74) is 1.67. The number of imide groups is 1. The number of sulfonamides is 1. The van der Waals surface area contributed by atoms with Crippen LogP contribution in [0.3, 0.4) is 0 Å². The number of hydrogen-bond acceptors (Lipinski definition) is 8. The molecule has 1 aliphatic heterocycles. The maximum Gasteiger partial charge on any atom is 0.283 e. The standard InChI is InChI=1S/C27H21ClN4O6S/c1-16-17(2)30-38-25(16)31-39(35,36)22-14-8-18(9-15-22)29-24-23(28)26(33)32(27(24)34)19-10-12-21(13-11-19)37-20-6-4-3-5-7-20/h3-15,29,31H,1-2H3. The highest BCUT2D eigenvalue weighted by atomic mass is 35.5. The van der Waals surface area contributed by atoms with Crippen LogP contribution >= 0.6 is 11.6 Å². The van der Waals surface area contributed by atoms with E-state index in [1.807, 2.05) is 18.2 Å². The van der Waals surface area contributed by atoms with Crippen molar-refractivity contribution in [3.05, 3.63) is 101 Å². The molecule has 12 heteroatoms. The molecule has 3 aromatic carbocycles. The highest BCUT2D eigenvalue weighted by Gasteiger charge is 2.39. The molecule has 2 heterocycles. The molecule has 4 aromatic rings. The molecule has 39 heavy (non-hydrogen) atoms. The lowest BCUT2D eigenvalue weighted by atomic mass is 10.2. The zero-order chi connectivity index (χ0) is 27.7. The molecule has 5 rings (SSSR count). The van der Waals surface area contributed by atoms with E-state index in [1.54, 1.807) is 50.2 Å². The molecule has 0 saturated carbocycles. The van der Waals surface area contributed by atoms with Crippen LogP contribution in [-0.4, -0.2) is 25.4 Å². The number of halogens is 1. The number of ether oxygens (including phenoxy) is 1. The van der Waals surface area contributed by atoms with Crippen molar-refractivity contribution in [2.45, 2.75) is 18.7 Å². The summed E-state index contributed by atoms with van der Waals surface area (Å²) in [7, 11) is -3.95. The number of amides is 2. The first-order chi connectivity index (χ1) is 18.6. The average molecular weight is 565 g/mol. The summed E-state index contributed by atoms with van der Waals surface area (Å²) in [4.78, 5) is 26.8. The number of nitrogens with one attached hydrogen (secondary N) is 2. The van der Waals surface area contributed by atoms with E-state index < -0.39 is 21.8 Å². The van der Waals surface area contributed by atoms with E-state index in [1.165, 1.54) is 24.3 Å². The van der Waals surface area contributed by atoms with E-state index in [0.717, 1.165) is 4.90 Å². The van der Waals surface area contributed by atoms with Gasteiger partial charge in [-0.2, -0.15) is 0 Å². The number of hydrogen-bond donors (Lipinski definition) is 2. The van der Waals surface area contributed by atoms with Gasteiger partial charge < -0.3 is 14.6 Å². The van der Waals surface area contributed by atoms with Crippen LogP contribution < -0.4 is 19.7 Å². The third-order valence-electron chi connectivity index (χ3n) is 5.92. The number of aryl methyl sites for hydroxylation is 1. The Labute approximate surface area is 228 Å². The molecular formula is C27H21ClN4O6S. The normalized spacial score (nSPS) is 13.7. The maximum absolute atomic E-state index is 13.1. The van der Waals surface area contributed by atoms with Gasteiger partial charge >= 0.3 is 0 Å². The fourth-order valence-corrected chi connectivity index (χ4v) is 4.95. The molecule has 0 saturated heterocycles. The minimum atomic E-state index is -3.95. The SMILES string of the molecule is Cc1noc(NS(=O)(=O)c2ccc(NC3=C(Cl)C(=O)N(c4ccc(Oc5ccccc5)cc4)C3=O)cc2)c1C. The third kappa shape index (κ3) is 5.22. The average Bonchev–Trinajstić information content (AvgIpc) is 3.35. The van der Waals surface area contributed by atoms with E-state index in [0.29, 0.717) is 34.1 Å². The molecule has 0 bridgehead atoms. The van der Waals surface area contributed by atoms with Crippen molar-refractivity contribution in [3.63, 3.8) is 0 Å². The highest BCUT2D eigenvalue weighted by Crippen LogP contribution is 2.32. The summed E-state index contributed by atoms with van der Waals surface area (Å²) >= 11 is 6.23. The van der Waals surface area contributed by atoms with Crippen LogP contribution in [0.4, 0.5) is 17.3 Å². The summed E-state index contributed by atoms with van der Waals surface area (Å²) < 4.78 is 38.6. The molecule has 0 radical (unpaired) electrons. The van der Waals surface area contributed by atoms with E-state index >= 15 is 0 Å². The van der Waals surface area contributed by atoms with Crippen LogP contribution in [0.1, 0.15) is 11.3 Å². The Balaban J connectivity index is 1.29. The molecule has 0 fully saturated rings. The van der Waals surface area contributed by atoms with Gasteiger partial charge in [-0.1, -0.05) is 35.0 Å². The number of rotatable bonds is 8. The van der Waals surface area contributed by atoms with Crippen molar-refractivity contribution >= 4 is 50.7 Å². The molecule has 2 amide bonds. The second kappa shape index (κ2) is 10.3. The fourth-order valence-electron chi connectivity index (χ4n) is 3.69. The predicted molar refractivity (Wildman–Crippen MR) is 145 cm³/mol. The Morgan fingerprint density at radius 2 is 1.51 bits per heavy atom. The summed E-state index contributed by atoms with van der Waals surface area (Å²) in [6.45, 7) is 3.38. The van der Waals surface area contributed by atoms with Crippen molar-refractivity contribution in [3.8, 4) is 11.5 Å². The molecule has 10 nitrogen and oxygen atoms in total. The highest BCUT2D eigenvalue weighted by molar-refractivity contribution is 7.92. The molecule has 1 aliphatic rings. The van der Waals surface area contributed by atoms with Gasteiger partial charge in [0.1, 0.15) is 22.2 Å². The number of carbonyl (C=O) groups is 2. The molecule has 2 N–H and O–H groups in total. The van der Waals surface area contributed by atoms with Gasteiger partial charge in [0.15, 0.2) is 0 Å². The number of nitrogens with zero attached hydrogens (tertiary/aromatic N) is 2. The Kier molecular flexibility index (Phi) is 6.85. The lowest BCUT2D eigenvalue weighted by Crippen LogP contribution is -2.32. The Hall–Kier alpha value is -4.61. The Morgan fingerprint density at radius 3 is 2.13 bits per heavy atom. The van der Waals surface area contributed by atoms with Gasteiger partial charge in [-0.05, 0) is 74.5 Å². The van der Waals surface area contributed by atoms with Crippen molar-refractivity contribution < 1.29 is 27.3 Å². The van der Waals surface area contributed by atoms with Gasteiger partial charge in [-0.3, -0.25) is 9.59 Å². The van der Waals surface area contributed by atoms with Crippen molar-refractivity contribution in [2.24, 2.45) is 0 Å². The maximum atomic E-state index is 13.1.